The third kappa shape index (κ3) is 4.25. The average Bonchev–Trinajstić information content (AvgIpc) is 2.49. The molecule has 6 nitrogen and oxygen atoms in total. The lowest BCUT2D eigenvalue weighted by Gasteiger charge is -2.25. The van der Waals surface area contributed by atoms with E-state index in [0.717, 1.165) is 6.42 Å². The highest BCUT2D eigenvalue weighted by Crippen LogP contribution is 2.15. The lowest BCUT2D eigenvalue weighted by atomic mass is 10.1. The van der Waals surface area contributed by atoms with Gasteiger partial charge < -0.3 is 11.1 Å². The van der Waals surface area contributed by atoms with Gasteiger partial charge in [-0.05, 0) is 13.5 Å². The molecule has 2 atom stereocenters. The molecule has 1 amide bonds. The molecule has 1 heterocycles. The second kappa shape index (κ2) is 5.79. The molecular formula is C10H21N3O3S. The molecular weight excluding hydrogens is 242 g/mol. The molecule has 1 rings (SSSR count). The Kier molecular flexibility index (Phi) is 4.91. The molecule has 0 saturated carbocycles. The molecule has 0 aromatic carbocycles. The summed E-state index contributed by atoms with van der Waals surface area (Å²) in [5.41, 5.74) is 5.78. The second-order valence-electron chi connectivity index (χ2n) is 4.57. The van der Waals surface area contributed by atoms with E-state index < -0.39 is 15.9 Å². The van der Waals surface area contributed by atoms with E-state index in [-0.39, 0.29) is 30.0 Å². The van der Waals surface area contributed by atoms with Gasteiger partial charge in [0.05, 0.1) is 18.1 Å². The largest absolute Gasteiger partial charge is 0.355 e. The van der Waals surface area contributed by atoms with Gasteiger partial charge in [-0.15, -0.1) is 0 Å². The van der Waals surface area contributed by atoms with Gasteiger partial charge in [0, 0.05) is 18.6 Å². The molecule has 3 N–H and O–H groups in total. The predicted molar refractivity (Wildman–Crippen MR) is 66.3 cm³/mol. The van der Waals surface area contributed by atoms with Crippen LogP contribution in [0.25, 0.3) is 0 Å². The Balaban J connectivity index is 2.48. The number of nitrogens with two attached hydrogens (primary N) is 1. The van der Waals surface area contributed by atoms with Crippen molar-refractivity contribution in [1.29, 1.82) is 0 Å². The number of nitrogens with one attached hydrogen (secondary N) is 1. The highest BCUT2D eigenvalue weighted by molar-refractivity contribution is 7.91. The summed E-state index contributed by atoms with van der Waals surface area (Å²) in [5, 5.41) is 2.75. The molecule has 1 aliphatic heterocycles. The summed E-state index contributed by atoms with van der Waals surface area (Å²) in [7, 11) is -1.31. The first-order valence-electron chi connectivity index (χ1n) is 5.78. The monoisotopic (exact) mass is 263 g/mol. The second-order valence-corrected chi connectivity index (χ2v) is 6.73. The van der Waals surface area contributed by atoms with Crippen LogP contribution in [0.3, 0.4) is 0 Å². The van der Waals surface area contributed by atoms with Crippen molar-refractivity contribution < 1.29 is 13.2 Å². The summed E-state index contributed by atoms with van der Waals surface area (Å²) in [5.74, 6) is -0.0320. The van der Waals surface area contributed by atoms with Crippen LogP contribution in [0.2, 0.25) is 0 Å². The van der Waals surface area contributed by atoms with E-state index in [1.165, 1.54) is 0 Å². The van der Waals surface area contributed by atoms with Crippen LogP contribution >= 0.6 is 0 Å². The molecule has 1 saturated heterocycles. The molecule has 0 aliphatic carbocycles. The molecule has 0 spiro atoms. The Morgan fingerprint density at radius 3 is 2.59 bits per heavy atom. The van der Waals surface area contributed by atoms with Crippen LogP contribution in [-0.2, 0) is 14.6 Å². The summed E-state index contributed by atoms with van der Waals surface area (Å²) in [6.07, 6.45) is 0.882. The van der Waals surface area contributed by atoms with Gasteiger partial charge in [0.1, 0.15) is 0 Å². The Morgan fingerprint density at radius 1 is 1.47 bits per heavy atom. The van der Waals surface area contributed by atoms with Crippen molar-refractivity contribution >= 4 is 15.7 Å². The fraction of sp³-hybridized carbons (Fsp3) is 0.900. The Morgan fingerprint density at radius 2 is 2.12 bits per heavy atom. The predicted octanol–water partition coefficient (Wildman–Crippen LogP) is -1.43. The van der Waals surface area contributed by atoms with Crippen LogP contribution in [0.15, 0.2) is 0 Å². The van der Waals surface area contributed by atoms with Crippen LogP contribution in [0.5, 0.6) is 0 Å². The first-order chi connectivity index (χ1) is 7.85. The summed E-state index contributed by atoms with van der Waals surface area (Å²) in [4.78, 5) is 13.2. The van der Waals surface area contributed by atoms with Crippen LogP contribution in [0, 0.1) is 0 Å². The van der Waals surface area contributed by atoms with Crippen LogP contribution < -0.4 is 11.1 Å². The molecule has 17 heavy (non-hydrogen) atoms. The molecule has 0 bridgehead atoms. The Labute approximate surface area is 102 Å². The minimum atomic E-state index is -3.04. The number of amides is 1. The van der Waals surface area contributed by atoms with Crippen molar-refractivity contribution in [3.63, 3.8) is 0 Å². The van der Waals surface area contributed by atoms with E-state index in [9.17, 15) is 13.2 Å². The Bertz CT molecular complexity index is 369. The van der Waals surface area contributed by atoms with Crippen LogP contribution in [0.4, 0.5) is 0 Å². The normalized spacial score (nSPS) is 27.3. The number of rotatable bonds is 5. The average molecular weight is 263 g/mol. The number of carbonyl (C=O) groups excluding carboxylic acids is 1. The SMILES string of the molecule is CCCNC(=O)CN(C)C1CS(=O)(=O)CC1N. The Hall–Kier alpha value is -0.660. The molecule has 0 radical (unpaired) electrons. The molecule has 100 valence electrons. The fourth-order valence-electron chi connectivity index (χ4n) is 1.97. The first kappa shape index (κ1) is 14.4. The molecule has 1 aliphatic rings. The van der Waals surface area contributed by atoms with E-state index in [1.807, 2.05) is 6.92 Å². The zero-order chi connectivity index (χ0) is 13.1. The van der Waals surface area contributed by atoms with Gasteiger partial charge in [-0.2, -0.15) is 0 Å². The lowest BCUT2D eigenvalue weighted by molar-refractivity contribution is -0.122. The number of hydrogen-bond acceptors (Lipinski definition) is 5. The quantitative estimate of drug-likeness (QED) is 0.634. The molecule has 0 aromatic heterocycles. The maximum Gasteiger partial charge on any atom is 0.234 e. The number of nitrogens with zero attached hydrogens (tertiary/aromatic N) is 1. The van der Waals surface area contributed by atoms with Gasteiger partial charge in [-0.25, -0.2) is 8.42 Å². The topological polar surface area (TPSA) is 92.5 Å². The van der Waals surface area contributed by atoms with Gasteiger partial charge in [-0.3, -0.25) is 9.69 Å². The van der Waals surface area contributed by atoms with Crippen molar-refractivity contribution in [3.05, 3.63) is 0 Å². The van der Waals surface area contributed by atoms with Crippen LogP contribution in [-0.4, -0.2) is 63.0 Å². The van der Waals surface area contributed by atoms with Crippen LogP contribution in [0.1, 0.15) is 13.3 Å². The van der Waals surface area contributed by atoms with Gasteiger partial charge in [0.25, 0.3) is 0 Å². The lowest BCUT2D eigenvalue weighted by Crippen LogP contribution is -2.48. The van der Waals surface area contributed by atoms with Crippen molar-refractivity contribution in [2.45, 2.75) is 25.4 Å². The van der Waals surface area contributed by atoms with Gasteiger partial charge in [0.15, 0.2) is 9.84 Å². The smallest absolute Gasteiger partial charge is 0.234 e. The number of hydrogen-bond donors (Lipinski definition) is 2. The van der Waals surface area contributed by atoms with E-state index in [2.05, 4.69) is 5.32 Å². The van der Waals surface area contributed by atoms with Crippen molar-refractivity contribution in [1.82, 2.24) is 10.2 Å². The first-order valence-corrected chi connectivity index (χ1v) is 7.61. The number of likely N-dealkylation sites (N-methyl/N-ethyl adjacent to an activating group) is 1. The number of carbonyl (C=O) groups is 1. The maximum absolute atomic E-state index is 11.5. The van der Waals surface area contributed by atoms with E-state index >= 15 is 0 Å². The zero-order valence-corrected chi connectivity index (χ0v) is 11.2. The molecule has 7 heteroatoms. The minimum absolute atomic E-state index is 0.0125. The fourth-order valence-corrected chi connectivity index (χ4v) is 3.94. The van der Waals surface area contributed by atoms with Gasteiger partial charge in [0.2, 0.25) is 5.91 Å². The third-order valence-corrected chi connectivity index (χ3v) is 4.64. The number of sulfone groups is 1. The van der Waals surface area contributed by atoms with Crippen molar-refractivity contribution in [3.8, 4) is 0 Å². The maximum atomic E-state index is 11.5. The molecule has 1 fully saturated rings. The molecule has 0 aromatic rings. The van der Waals surface area contributed by atoms with Crippen molar-refractivity contribution in [2.24, 2.45) is 5.73 Å². The summed E-state index contributed by atoms with van der Waals surface area (Å²) in [6.45, 7) is 2.80. The van der Waals surface area contributed by atoms with E-state index in [1.54, 1.807) is 11.9 Å². The third-order valence-electron chi connectivity index (χ3n) is 2.90. The minimum Gasteiger partial charge on any atom is -0.355 e. The summed E-state index contributed by atoms with van der Waals surface area (Å²) in [6, 6.07) is -0.656. The summed E-state index contributed by atoms with van der Waals surface area (Å²) < 4.78 is 22.8. The molecule has 2 unspecified atom stereocenters. The van der Waals surface area contributed by atoms with E-state index in [0.29, 0.717) is 6.54 Å². The van der Waals surface area contributed by atoms with Gasteiger partial charge >= 0.3 is 0 Å². The highest BCUT2D eigenvalue weighted by Gasteiger charge is 2.37. The van der Waals surface area contributed by atoms with E-state index in [4.69, 9.17) is 5.73 Å². The standard InChI is InChI=1S/C10H21N3O3S/c1-3-4-12-10(14)5-13(2)9-7-17(15,16)6-8(9)11/h8-9H,3-7,11H2,1-2H3,(H,12,14). The summed E-state index contributed by atoms with van der Waals surface area (Å²) >= 11 is 0. The van der Waals surface area contributed by atoms with Crippen molar-refractivity contribution in [2.75, 3.05) is 31.6 Å². The highest BCUT2D eigenvalue weighted by atomic mass is 32.2. The van der Waals surface area contributed by atoms with Gasteiger partial charge in [-0.1, -0.05) is 6.92 Å². The zero-order valence-electron chi connectivity index (χ0n) is 10.3.